The number of hydrogen-bond acceptors (Lipinski definition) is 7. The molecule has 9 heteroatoms. The zero-order chi connectivity index (χ0) is 14.3. The molecule has 0 amide bonds. The van der Waals surface area contributed by atoms with Crippen molar-refractivity contribution in [1.29, 1.82) is 0 Å². The number of nitrogen functional groups attached to an aromatic ring is 1. The normalized spacial score (nSPS) is 15.4. The number of thiophene rings is 1. The molecule has 2 aromatic rings. The van der Waals surface area contributed by atoms with E-state index < -0.39 is 9.84 Å². The molecule has 0 bridgehead atoms. The highest BCUT2D eigenvalue weighted by molar-refractivity contribution is 7.92. The van der Waals surface area contributed by atoms with E-state index in [4.69, 9.17) is 17.3 Å². The molecule has 0 unspecified atom stereocenters. The van der Waals surface area contributed by atoms with Gasteiger partial charge in [0, 0.05) is 4.88 Å². The van der Waals surface area contributed by atoms with Crippen LogP contribution in [0, 0.1) is 0 Å². The lowest BCUT2D eigenvalue weighted by atomic mass is 10.4. The highest BCUT2D eigenvalue weighted by Crippen LogP contribution is 2.41. The van der Waals surface area contributed by atoms with Crippen molar-refractivity contribution in [2.24, 2.45) is 0 Å². The Labute approximate surface area is 129 Å². The number of anilines is 2. The van der Waals surface area contributed by atoms with Crippen molar-refractivity contribution in [2.45, 2.75) is 29.5 Å². The SMILES string of the molecule is Nc1nsc(NCc2ccc(Cl)s2)c1S(=O)(=O)C1CC1. The van der Waals surface area contributed by atoms with Crippen molar-refractivity contribution in [1.82, 2.24) is 4.37 Å². The topological polar surface area (TPSA) is 85.1 Å². The third-order valence-electron chi connectivity index (χ3n) is 2.97. The van der Waals surface area contributed by atoms with Gasteiger partial charge in [-0.25, -0.2) is 8.42 Å². The Morgan fingerprint density at radius 1 is 1.45 bits per heavy atom. The number of nitrogens with one attached hydrogen (secondary N) is 1. The summed E-state index contributed by atoms with van der Waals surface area (Å²) in [4.78, 5) is 1.18. The molecule has 0 aromatic carbocycles. The summed E-state index contributed by atoms with van der Waals surface area (Å²) in [5.41, 5.74) is 5.73. The molecule has 108 valence electrons. The van der Waals surface area contributed by atoms with Crippen LogP contribution in [0.3, 0.4) is 0 Å². The highest BCUT2D eigenvalue weighted by atomic mass is 35.5. The van der Waals surface area contributed by atoms with Gasteiger partial charge >= 0.3 is 0 Å². The number of nitrogens with zero attached hydrogens (tertiary/aromatic N) is 1. The summed E-state index contributed by atoms with van der Waals surface area (Å²) in [5, 5.41) is 3.32. The minimum absolute atomic E-state index is 0.0913. The Hall–Kier alpha value is -0.830. The largest absolute Gasteiger partial charge is 0.382 e. The van der Waals surface area contributed by atoms with Crippen molar-refractivity contribution >= 4 is 55.1 Å². The number of rotatable bonds is 5. The maximum atomic E-state index is 12.3. The summed E-state index contributed by atoms with van der Waals surface area (Å²) in [6.45, 7) is 0.506. The average Bonchev–Trinajstić information content (AvgIpc) is 3.08. The maximum absolute atomic E-state index is 12.3. The van der Waals surface area contributed by atoms with E-state index in [-0.39, 0.29) is 16.0 Å². The van der Waals surface area contributed by atoms with E-state index in [1.807, 2.05) is 12.1 Å². The summed E-state index contributed by atoms with van der Waals surface area (Å²) >= 11 is 8.40. The Kier molecular flexibility index (Phi) is 3.65. The van der Waals surface area contributed by atoms with Crippen LogP contribution in [0.25, 0.3) is 0 Å². The molecule has 1 fully saturated rings. The van der Waals surface area contributed by atoms with Crippen LogP contribution < -0.4 is 11.1 Å². The monoisotopic (exact) mass is 349 g/mol. The van der Waals surface area contributed by atoms with Crippen LogP contribution in [0.4, 0.5) is 10.8 Å². The molecule has 0 saturated heterocycles. The molecule has 0 radical (unpaired) electrons. The fourth-order valence-electron chi connectivity index (χ4n) is 1.84. The van der Waals surface area contributed by atoms with Gasteiger partial charge in [0.2, 0.25) is 0 Å². The molecule has 1 aliphatic carbocycles. The van der Waals surface area contributed by atoms with Crippen molar-refractivity contribution in [2.75, 3.05) is 11.1 Å². The lowest BCUT2D eigenvalue weighted by Crippen LogP contribution is -2.11. The third-order valence-corrected chi connectivity index (χ3v) is 7.48. The van der Waals surface area contributed by atoms with E-state index in [1.54, 1.807) is 0 Å². The first-order valence-corrected chi connectivity index (χ1v) is 9.47. The quantitative estimate of drug-likeness (QED) is 0.866. The zero-order valence-electron chi connectivity index (χ0n) is 10.3. The van der Waals surface area contributed by atoms with E-state index in [2.05, 4.69) is 9.69 Å². The Morgan fingerprint density at radius 3 is 2.80 bits per heavy atom. The zero-order valence-corrected chi connectivity index (χ0v) is 13.5. The molecule has 2 aromatic heterocycles. The fourth-order valence-corrected chi connectivity index (χ4v) is 5.75. The standard InChI is InChI=1S/C11H12ClN3O2S3/c12-8-4-1-6(18-8)5-14-11-9(10(13)15-19-11)20(16,17)7-2-3-7/h1,4,7,14H,2-3,5H2,(H2,13,15). The number of sulfone groups is 1. The number of hydrogen-bond donors (Lipinski definition) is 2. The van der Waals surface area contributed by atoms with Crippen molar-refractivity contribution in [3.8, 4) is 0 Å². The van der Waals surface area contributed by atoms with E-state index in [1.165, 1.54) is 11.3 Å². The molecule has 2 heterocycles. The smallest absolute Gasteiger partial charge is 0.187 e. The first-order chi connectivity index (χ1) is 9.48. The molecule has 0 spiro atoms. The van der Waals surface area contributed by atoms with E-state index in [0.29, 0.717) is 28.7 Å². The van der Waals surface area contributed by atoms with E-state index >= 15 is 0 Å². The van der Waals surface area contributed by atoms with Gasteiger partial charge < -0.3 is 11.1 Å². The molecule has 5 nitrogen and oxygen atoms in total. The van der Waals surface area contributed by atoms with Gasteiger partial charge in [-0.2, -0.15) is 4.37 Å². The second-order valence-electron chi connectivity index (χ2n) is 4.53. The highest BCUT2D eigenvalue weighted by Gasteiger charge is 2.40. The van der Waals surface area contributed by atoms with Crippen LogP contribution in [0.15, 0.2) is 17.0 Å². The summed E-state index contributed by atoms with van der Waals surface area (Å²) in [7, 11) is -3.35. The van der Waals surface area contributed by atoms with Gasteiger partial charge in [0.15, 0.2) is 15.7 Å². The molecule has 20 heavy (non-hydrogen) atoms. The minimum atomic E-state index is -3.35. The Bertz CT molecular complexity index is 734. The number of aromatic nitrogens is 1. The predicted molar refractivity (Wildman–Crippen MR) is 83.4 cm³/mol. The van der Waals surface area contributed by atoms with Gasteiger partial charge in [0.25, 0.3) is 0 Å². The first kappa shape index (κ1) is 14.1. The second kappa shape index (κ2) is 5.18. The molecular weight excluding hydrogens is 338 g/mol. The van der Waals surface area contributed by atoms with Crippen LogP contribution in [-0.4, -0.2) is 18.0 Å². The third kappa shape index (κ3) is 2.65. The lowest BCUT2D eigenvalue weighted by molar-refractivity contribution is 0.595. The Morgan fingerprint density at radius 2 is 2.20 bits per heavy atom. The van der Waals surface area contributed by atoms with Gasteiger partial charge in [0.1, 0.15) is 9.90 Å². The molecule has 0 aliphatic heterocycles. The fraction of sp³-hybridized carbons (Fsp3) is 0.364. The molecular formula is C11H12ClN3O2S3. The number of nitrogens with two attached hydrogens (primary N) is 1. The van der Waals surface area contributed by atoms with Crippen LogP contribution in [-0.2, 0) is 16.4 Å². The first-order valence-electron chi connectivity index (χ1n) is 5.95. The Balaban J connectivity index is 1.84. The predicted octanol–water partition coefficient (Wildman–Crippen LogP) is 2.99. The minimum Gasteiger partial charge on any atom is -0.382 e. The van der Waals surface area contributed by atoms with Crippen molar-refractivity contribution in [3.05, 3.63) is 21.3 Å². The lowest BCUT2D eigenvalue weighted by Gasteiger charge is -2.06. The molecule has 0 atom stereocenters. The van der Waals surface area contributed by atoms with Gasteiger partial charge in [-0.1, -0.05) is 11.6 Å². The van der Waals surface area contributed by atoms with Gasteiger partial charge in [0.05, 0.1) is 16.1 Å². The van der Waals surface area contributed by atoms with Gasteiger partial charge in [-0.3, -0.25) is 0 Å². The molecule has 3 rings (SSSR count). The average molecular weight is 350 g/mol. The summed E-state index contributed by atoms with van der Waals surface area (Å²) in [5.74, 6) is 0.0913. The van der Waals surface area contributed by atoms with E-state index in [0.717, 1.165) is 16.4 Å². The summed E-state index contributed by atoms with van der Waals surface area (Å²) < 4.78 is 29.4. The second-order valence-corrected chi connectivity index (χ2v) is 9.27. The van der Waals surface area contributed by atoms with Crippen molar-refractivity contribution < 1.29 is 8.42 Å². The molecule has 1 saturated carbocycles. The van der Waals surface area contributed by atoms with Crippen LogP contribution >= 0.6 is 34.5 Å². The number of halogens is 1. The summed E-state index contributed by atoms with van der Waals surface area (Å²) in [6, 6.07) is 3.71. The van der Waals surface area contributed by atoms with Crippen LogP contribution in [0.5, 0.6) is 0 Å². The van der Waals surface area contributed by atoms with Gasteiger partial charge in [-0.15, -0.1) is 11.3 Å². The van der Waals surface area contributed by atoms with Gasteiger partial charge in [-0.05, 0) is 36.5 Å². The van der Waals surface area contributed by atoms with E-state index in [9.17, 15) is 8.42 Å². The molecule has 1 aliphatic rings. The van der Waals surface area contributed by atoms with Crippen LogP contribution in [0.2, 0.25) is 4.34 Å². The maximum Gasteiger partial charge on any atom is 0.187 e. The summed E-state index contributed by atoms with van der Waals surface area (Å²) in [6.07, 6.45) is 1.41. The van der Waals surface area contributed by atoms with Crippen LogP contribution in [0.1, 0.15) is 17.7 Å². The molecule has 3 N–H and O–H groups in total. The van der Waals surface area contributed by atoms with Crippen molar-refractivity contribution in [3.63, 3.8) is 0 Å².